The number of unbranched alkanes of at least 4 members (excludes halogenated alkanes) is 9. The lowest BCUT2D eigenvalue weighted by molar-refractivity contribution is 0.562. The molecule has 0 saturated carbocycles. The molecule has 0 rings (SSSR count). The third kappa shape index (κ3) is 12.7. The van der Waals surface area contributed by atoms with Gasteiger partial charge in [-0.05, 0) is 0 Å². The van der Waals surface area contributed by atoms with Gasteiger partial charge in [0.2, 0.25) is 0 Å². The summed E-state index contributed by atoms with van der Waals surface area (Å²) in [6.45, 7) is 4.74. The van der Waals surface area contributed by atoms with Gasteiger partial charge in [0, 0.05) is 26.6 Å². The minimum Gasteiger partial charge on any atom is -0.0738 e. The van der Waals surface area contributed by atoms with Crippen LogP contribution < -0.4 is 0 Å². The summed E-state index contributed by atoms with van der Waals surface area (Å²) in [5, 5.41) is 0. The zero-order valence-corrected chi connectivity index (χ0v) is 14.3. The Kier molecular flexibility index (Phi) is 14.3. The van der Waals surface area contributed by atoms with E-state index >= 15 is 0 Å². The van der Waals surface area contributed by atoms with Gasteiger partial charge < -0.3 is 0 Å². The van der Waals surface area contributed by atoms with Crippen LogP contribution in [0.1, 0.15) is 71.1 Å². The Balaban J connectivity index is 2.93. The molecular formula is C13H28Si3. The van der Waals surface area contributed by atoms with Gasteiger partial charge in [0.15, 0.2) is 0 Å². The average Bonchev–Trinajstić information content (AvgIpc) is 2.31. The Morgan fingerprint density at radius 2 is 1.25 bits per heavy atom. The zero-order chi connectivity index (χ0) is 12.1. The van der Waals surface area contributed by atoms with Gasteiger partial charge in [0.05, 0.1) is 0 Å². The smallest absolute Gasteiger partial charge is 0.0271 e. The Morgan fingerprint density at radius 3 is 1.69 bits per heavy atom. The summed E-state index contributed by atoms with van der Waals surface area (Å²) >= 11 is 0. The predicted molar refractivity (Wildman–Crippen MR) is 79.8 cm³/mol. The fourth-order valence-electron chi connectivity index (χ4n) is 1.94. The molecule has 0 spiro atoms. The molecule has 0 aliphatic heterocycles. The second-order valence-electron chi connectivity index (χ2n) is 4.84. The molecular weight excluding hydrogens is 240 g/mol. The van der Waals surface area contributed by atoms with Gasteiger partial charge in [0.1, 0.15) is 0 Å². The lowest BCUT2D eigenvalue weighted by Gasteiger charge is -2.05. The molecule has 0 aromatic rings. The van der Waals surface area contributed by atoms with Crippen LogP contribution in [-0.2, 0) is 0 Å². The summed E-state index contributed by atoms with van der Waals surface area (Å²) < 4.78 is 0. The van der Waals surface area contributed by atoms with Crippen molar-refractivity contribution < 1.29 is 0 Å². The van der Waals surface area contributed by atoms with Gasteiger partial charge >= 0.3 is 0 Å². The van der Waals surface area contributed by atoms with E-state index in [0.29, 0.717) is 0 Å². The fraction of sp³-hybridized carbons (Fsp3) is 1.00. The van der Waals surface area contributed by atoms with E-state index in [1.807, 2.05) is 0 Å². The second kappa shape index (κ2) is 13.7. The standard InChI is InChI=1S/C13H28Si3/c1-3-4-5-6-7-8-9-10-11-12-13-16(2)15-14/h3-13H2,1-2H3. The van der Waals surface area contributed by atoms with Crippen molar-refractivity contribution in [3.05, 3.63) is 0 Å². The average molecular weight is 269 g/mol. The molecule has 0 nitrogen and oxygen atoms in total. The Morgan fingerprint density at radius 1 is 0.812 bits per heavy atom. The number of hydrogen-bond donors (Lipinski definition) is 0. The largest absolute Gasteiger partial charge is 0.0738 e. The summed E-state index contributed by atoms with van der Waals surface area (Å²) in [7, 11) is 4.71. The molecule has 0 aromatic heterocycles. The molecule has 0 atom stereocenters. The van der Waals surface area contributed by atoms with Crippen molar-refractivity contribution in [2.45, 2.75) is 83.7 Å². The lowest BCUT2D eigenvalue weighted by Crippen LogP contribution is -2.17. The molecule has 0 aromatic carbocycles. The van der Waals surface area contributed by atoms with Crippen molar-refractivity contribution in [2.75, 3.05) is 0 Å². The van der Waals surface area contributed by atoms with Crippen LogP contribution in [0, 0.1) is 0 Å². The van der Waals surface area contributed by atoms with Crippen molar-refractivity contribution in [1.29, 1.82) is 0 Å². The molecule has 0 aliphatic rings. The first kappa shape index (κ1) is 16.7. The Hall–Kier alpha value is 0.651. The van der Waals surface area contributed by atoms with Crippen LogP contribution in [0.3, 0.4) is 0 Å². The van der Waals surface area contributed by atoms with E-state index < -0.39 is 0 Å². The highest BCUT2D eigenvalue weighted by Gasteiger charge is 2.00. The Bertz CT molecular complexity index is 128. The number of hydrogen-bond acceptors (Lipinski definition) is 0. The molecule has 0 heterocycles. The van der Waals surface area contributed by atoms with Crippen LogP contribution in [-0.4, -0.2) is 26.6 Å². The monoisotopic (exact) mass is 268 g/mol. The van der Waals surface area contributed by atoms with Crippen molar-refractivity contribution in [3.63, 3.8) is 0 Å². The molecule has 0 saturated heterocycles. The van der Waals surface area contributed by atoms with Crippen LogP contribution in [0.25, 0.3) is 0 Å². The molecule has 0 bridgehead atoms. The van der Waals surface area contributed by atoms with Crippen LogP contribution in [0.4, 0.5) is 0 Å². The third-order valence-corrected chi connectivity index (χ3v) is 10.5. The van der Waals surface area contributed by atoms with Gasteiger partial charge in [-0.2, -0.15) is 0 Å². The van der Waals surface area contributed by atoms with E-state index in [0.717, 1.165) is 8.55 Å². The molecule has 0 fully saturated rings. The molecule has 0 amide bonds. The van der Waals surface area contributed by atoms with Gasteiger partial charge in [0.25, 0.3) is 0 Å². The first-order chi connectivity index (χ1) is 7.81. The van der Waals surface area contributed by atoms with Crippen LogP contribution in [0.15, 0.2) is 0 Å². The summed E-state index contributed by atoms with van der Waals surface area (Å²) in [5.74, 6) is 0. The minimum absolute atomic E-state index is 0.00521. The third-order valence-electron chi connectivity index (χ3n) is 3.12. The van der Waals surface area contributed by atoms with Gasteiger partial charge in [-0.15, -0.1) is 0 Å². The molecule has 0 unspecified atom stereocenters. The van der Waals surface area contributed by atoms with Crippen molar-refractivity contribution in [1.82, 2.24) is 0 Å². The number of rotatable bonds is 12. The summed E-state index contributed by atoms with van der Waals surface area (Å²) in [6.07, 6.45) is 14.6. The summed E-state index contributed by atoms with van der Waals surface area (Å²) in [4.78, 5) is 0. The molecule has 3 heteroatoms. The molecule has 16 heavy (non-hydrogen) atoms. The highest BCUT2D eigenvalue weighted by Crippen LogP contribution is 2.11. The van der Waals surface area contributed by atoms with Crippen LogP contribution in [0.5, 0.6) is 0 Å². The van der Waals surface area contributed by atoms with E-state index in [9.17, 15) is 0 Å². The van der Waals surface area contributed by atoms with E-state index in [2.05, 4.69) is 23.2 Å². The van der Waals surface area contributed by atoms with Crippen LogP contribution in [0.2, 0.25) is 12.6 Å². The maximum atomic E-state index is 3.66. The van der Waals surface area contributed by atoms with Crippen LogP contribution >= 0.6 is 0 Å². The molecule has 92 valence electrons. The quantitative estimate of drug-likeness (QED) is 0.365. The van der Waals surface area contributed by atoms with Gasteiger partial charge in [-0.25, -0.2) is 0 Å². The van der Waals surface area contributed by atoms with Crippen molar-refractivity contribution >= 4 is 26.6 Å². The normalized spacial score (nSPS) is 11.2. The zero-order valence-electron chi connectivity index (χ0n) is 11.3. The predicted octanol–water partition coefficient (Wildman–Crippen LogP) is 4.32. The minimum atomic E-state index is 0.00521. The molecule has 0 N–H and O–H groups in total. The lowest BCUT2D eigenvalue weighted by atomic mass is 10.1. The maximum Gasteiger partial charge on any atom is 0.0271 e. The summed E-state index contributed by atoms with van der Waals surface area (Å²) in [5.41, 5.74) is 0. The van der Waals surface area contributed by atoms with E-state index in [4.69, 9.17) is 0 Å². The van der Waals surface area contributed by atoms with Gasteiger partial charge in [-0.3, -0.25) is 0 Å². The maximum absolute atomic E-state index is 3.66. The summed E-state index contributed by atoms with van der Waals surface area (Å²) in [6, 6.07) is 1.52. The highest BCUT2D eigenvalue weighted by molar-refractivity contribution is 7.31. The fourth-order valence-corrected chi connectivity index (χ4v) is 4.88. The second-order valence-corrected chi connectivity index (χ2v) is 12.7. The van der Waals surface area contributed by atoms with E-state index in [-0.39, 0.29) is 8.31 Å². The first-order valence-electron chi connectivity index (χ1n) is 7.06. The Labute approximate surface area is 110 Å². The van der Waals surface area contributed by atoms with Crippen molar-refractivity contribution in [2.24, 2.45) is 0 Å². The SMILES string of the molecule is CCCCCCCCCCCC[Si](C)[Si][Si]. The topological polar surface area (TPSA) is 0 Å². The molecule has 0 aliphatic carbocycles. The van der Waals surface area contributed by atoms with Crippen molar-refractivity contribution in [3.8, 4) is 0 Å². The highest BCUT2D eigenvalue weighted by atomic mass is 29.5. The van der Waals surface area contributed by atoms with E-state index in [1.54, 1.807) is 0 Å². The van der Waals surface area contributed by atoms with E-state index in [1.165, 1.54) is 70.3 Å². The van der Waals surface area contributed by atoms with Gasteiger partial charge in [-0.1, -0.05) is 83.7 Å². The first-order valence-corrected chi connectivity index (χ1v) is 12.8. The molecule has 6 radical (unpaired) electrons.